The maximum atomic E-state index is 14.2. The third-order valence-electron chi connectivity index (χ3n) is 9.62. The first kappa shape index (κ1) is 37.2. The fourth-order valence-corrected chi connectivity index (χ4v) is 6.84. The summed E-state index contributed by atoms with van der Waals surface area (Å²) >= 11 is 0. The SMILES string of the molecule is CCC(C(=O)N[C@H](C(=O)N(C)[C@H](CN1CCC[C@H]1C(=O)N1CCCC1)C(C)C)C(C)(C)C)C(C)(C)c1ccccc1.O=C=O. The predicted octanol–water partition coefficient (Wildman–Crippen LogP) is 4.51. The van der Waals surface area contributed by atoms with Crippen LogP contribution in [0, 0.1) is 17.3 Å². The molecule has 2 heterocycles. The molecule has 9 heteroatoms. The zero-order valence-electron chi connectivity index (χ0n) is 28.5. The van der Waals surface area contributed by atoms with E-state index in [0.717, 1.165) is 50.9 Å². The van der Waals surface area contributed by atoms with Crippen molar-refractivity contribution in [3.63, 3.8) is 0 Å². The van der Waals surface area contributed by atoms with Crippen LogP contribution < -0.4 is 5.32 Å². The maximum absolute atomic E-state index is 14.2. The van der Waals surface area contributed by atoms with Crippen LogP contribution in [-0.4, -0.2) is 89.9 Å². The Morgan fingerprint density at radius 1 is 0.977 bits per heavy atom. The smallest absolute Gasteiger partial charge is 0.344 e. The van der Waals surface area contributed by atoms with Crippen LogP contribution in [0.1, 0.15) is 93.1 Å². The van der Waals surface area contributed by atoms with E-state index in [4.69, 9.17) is 9.59 Å². The number of nitrogens with one attached hydrogen (secondary N) is 1. The molecule has 0 aliphatic carbocycles. The van der Waals surface area contributed by atoms with Crippen molar-refractivity contribution in [2.24, 2.45) is 17.3 Å². The van der Waals surface area contributed by atoms with Gasteiger partial charge < -0.3 is 15.1 Å². The molecule has 246 valence electrons. The predicted molar refractivity (Wildman–Crippen MR) is 171 cm³/mol. The van der Waals surface area contributed by atoms with E-state index < -0.39 is 11.5 Å². The zero-order valence-corrected chi connectivity index (χ0v) is 28.5. The third kappa shape index (κ3) is 9.24. The van der Waals surface area contributed by atoms with Crippen molar-refractivity contribution < 1.29 is 24.0 Å². The molecule has 44 heavy (non-hydrogen) atoms. The Kier molecular flexibility index (Phi) is 13.8. The first-order valence-electron chi connectivity index (χ1n) is 16.3. The number of likely N-dealkylation sites (tertiary alicyclic amines) is 2. The minimum atomic E-state index is -0.664. The molecule has 0 bridgehead atoms. The van der Waals surface area contributed by atoms with E-state index in [1.807, 2.05) is 62.7 Å². The van der Waals surface area contributed by atoms with Crippen LogP contribution in [0.2, 0.25) is 0 Å². The summed E-state index contributed by atoms with van der Waals surface area (Å²) in [6.45, 7) is 19.9. The first-order valence-corrected chi connectivity index (χ1v) is 16.3. The summed E-state index contributed by atoms with van der Waals surface area (Å²) in [5.74, 6) is 0.0148. The number of likely N-dealkylation sites (N-methyl/N-ethyl adjacent to an activating group) is 1. The highest BCUT2D eigenvalue weighted by atomic mass is 16.2. The Bertz CT molecular complexity index is 1120. The highest BCUT2D eigenvalue weighted by Gasteiger charge is 2.43. The van der Waals surface area contributed by atoms with E-state index in [-0.39, 0.29) is 53.2 Å². The molecule has 3 amide bonds. The molecule has 1 aromatic carbocycles. The van der Waals surface area contributed by atoms with Gasteiger partial charge in [-0.1, -0.05) is 85.7 Å². The van der Waals surface area contributed by atoms with Crippen molar-refractivity contribution in [2.75, 3.05) is 33.2 Å². The van der Waals surface area contributed by atoms with Gasteiger partial charge in [-0.25, -0.2) is 0 Å². The largest absolute Gasteiger partial charge is 0.373 e. The zero-order chi connectivity index (χ0) is 33.2. The van der Waals surface area contributed by atoms with Gasteiger partial charge in [0.05, 0.1) is 6.04 Å². The van der Waals surface area contributed by atoms with Crippen molar-refractivity contribution in [3.05, 3.63) is 35.9 Å². The average Bonchev–Trinajstić information content (AvgIpc) is 3.67. The highest BCUT2D eigenvalue weighted by molar-refractivity contribution is 5.90. The fourth-order valence-electron chi connectivity index (χ4n) is 6.84. The minimum Gasteiger partial charge on any atom is -0.344 e. The second-order valence-electron chi connectivity index (χ2n) is 14.4. The number of rotatable bonds is 11. The van der Waals surface area contributed by atoms with Crippen LogP contribution >= 0.6 is 0 Å². The summed E-state index contributed by atoms with van der Waals surface area (Å²) in [7, 11) is 1.87. The lowest BCUT2D eigenvalue weighted by Crippen LogP contribution is -2.60. The number of carbonyl (C=O) groups excluding carboxylic acids is 5. The van der Waals surface area contributed by atoms with Crippen molar-refractivity contribution in [1.29, 1.82) is 0 Å². The van der Waals surface area contributed by atoms with Gasteiger partial charge in [0, 0.05) is 44.1 Å². The molecule has 0 radical (unpaired) electrons. The molecule has 2 aliphatic rings. The molecule has 0 spiro atoms. The molecule has 2 aliphatic heterocycles. The Balaban J connectivity index is 0.00000216. The van der Waals surface area contributed by atoms with Gasteiger partial charge in [-0.05, 0) is 55.5 Å². The Morgan fingerprint density at radius 2 is 1.55 bits per heavy atom. The van der Waals surface area contributed by atoms with Gasteiger partial charge in [0.2, 0.25) is 17.7 Å². The van der Waals surface area contributed by atoms with Crippen molar-refractivity contribution in [1.82, 2.24) is 20.0 Å². The second-order valence-corrected chi connectivity index (χ2v) is 14.4. The van der Waals surface area contributed by atoms with E-state index >= 15 is 0 Å². The molecule has 3 rings (SSSR count). The molecule has 1 aromatic rings. The summed E-state index contributed by atoms with van der Waals surface area (Å²) in [5, 5.41) is 3.21. The van der Waals surface area contributed by atoms with E-state index in [1.54, 1.807) is 0 Å². The van der Waals surface area contributed by atoms with Crippen molar-refractivity contribution >= 4 is 23.9 Å². The fraction of sp³-hybridized carbons (Fsp3) is 0.714. The number of hydrogen-bond acceptors (Lipinski definition) is 6. The van der Waals surface area contributed by atoms with Crippen LogP contribution in [0.15, 0.2) is 30.3 Å². The first-order chi connectivity index (χ1) is 20.6. The third-order valence-corrected chi connectivity index (χ3v) is 9.62. The summed E-state index contributed by atoms with van der Waals surface area (Å²) in [6, 6.07) is 9.32. The number of hydrogen-bond donors (Lipinski definition) is 1. The normalized spacial score (nSPS) is 19.4. The van der Waals surface area contributed by atoms with Gasteiger partial charge in [0.1, 0.15) is 6.04 Å². The number of amides is 3. The molecule has 4 atom stereocenters. The van der Waals surface area contributed by atoms with Gasteiger partial charge in [0.15, 0.2) is 0 Å². The molecule has 0 aromatic heterocycles. The van der Waals surface area contributed by atoms with Crippen LogP contribution in [0.3, 0.4) is 0 Å². The lowest BCUT2D eigenvalue weighted by atomic mass is 9.71. The monoisotopic (exact) mass is 612 g/mol. The minimum absolute atomic E-state index is 0.0704. The van der Waals surface area contributed by atoms with Crippen molar-refractivity contribution in [2.45, 2.75) is 111 Å². The molecule has 2 fully saturated rings. The summed E-state index contributed by atoms with van der Waals surface area (Å²) in [5.41, 5.74) is 0.255. The number of benzene rings is 1. The summed E-state index contributed by atoms with van der Waals surface area (Å²) in [4.78, 5) is 63.8. The molecular formula is C35H56N4O5. The molecular weight excluding hydrogens is 556 g/mol. The molecule has 0 saturated carbocycles. The van der Waals surface area contributed by atoms with Crippen LogP contribution in [0.25, 0.3) is 0 Å². The quantitative estimate of drug-likeness (QED) is 0.394. The number of nitrogens with zero attached hydrogens (tertiary/aromatic N) is 3. The molecule has 1 unspecified atom stereocenters. The topological polar surface area (TPSA) is 107 Å². The van der Waals surface area contributed by atoms with E-state index in [2.05, 4.69) is 50.0 Å². The molecule has 1 N–H and O–H groups in total. The standard InChI is InChI=1S/C34H56N4O3.CO2/c1-10-26(34(7,8)25-17-12-11-13-18-25)30(39)35-29(33(4,5)6)32(41)36(9)28(24(2)3)23-38-22-16-19-27(38)31(40)37-20-14-15-21-37;2-1-3/h11-13,17-18,24,26-29H,10,14-16,19-23H2,1-9H3,(H,35,39);/t26?,27-,28+,29+;/m0./s1. The van der Waals surface area contributed by atoms with E-state index in [1.165, 1.54) is 0 Å². The Labute approximate surface area is 265 Å². The van der Waals surface area contributed by atoms with Crippen LogP contribution in [-0.2, 0) is 29.4 Å². The van der Waals surface area contributed by atoms with Crippen LogP contribution in [0.5, 0.6) is 0 Å². The summed E-state index contributed by atoms with van der Waals surface area (Å²) < 4.78 is 0. The van der Waals surface area contributed by atoms with Gasteiger partial charge in [-0.15, -0.1) is 0 Å². The summed E-state index contributed by atoms with van der Waals surface area (Å²) in [6.07, 6.45) is 4.99. The molecule has 2 saturated heterocycles. The van der Waals surface area contributed by atoms with Gasteiger partial charge in [-0.2, -0.15) is 9.59 Å². The Hall–Kier alpha value is -3.03. The van der Waals surface area contributed by atoms with Crippen LogP contribution in [0.4, 0.5) is 0 Å². The molecule has 9 nitrogen and oxygen atoms in total. The average molecular weight is 613 g/mol. The van der Waals surface area contributed by atoms with Gasteiger partial charge in [0.25, 0.3) is 0 Å². The van der Waals surface area contributed by atoms with E-state index in [9.17, 15) is 14.4 Å². The maximum Gasteiger partial charge on any atom is 0.373 e. The second kappa shape index (κ2) is 16.3. The van der Waals surface area contributed by atoms with Crippen molar-refractivity contribution in [3.8, 4) is 0 Å². The lowest BCUT2D eigenvalue weighted by Gasteiger charge is -2.41. The highest BCUT2D eigenvalue weighted by Crippen LogP contribution is 2.35. The van der Waals surface area contributed by atoms with Gasteiger partial charge in [-0.3, -0.25) is 19.3 Å². The number of carbonyl (C=O) groups is 3. The lowest BCUT2D eigenvalue weighted by molar-refractivity contribution is -0.191. The van der Waals surface area contributed by atoms with E-state index in [0.29, 0.717) is 13.0 Å². The Morgan fingerprint density at radius 3 is 2.05 bits per heavy atom. The van der Waals surface area contributed by atoms with Gasteiger partial charge >= 0.3 is 6.15 Å².